The van der Waals surface area contributed by atoms with Crippen molar-refractivity contribution in [3.05, 3.63) is 33.8 Å². The van der Waals surface area contributed by atoms with Crippen LogP contribution < -0.4 is 0 Å². The zero-order valence-electron chi connectivity index (χ0n) is 10.8. The van der Waals surface area contributed by atoms with Gasteiger partial charge in [-0.1, -0.05) is 0 Å². The Hall–Kier alpha value is -0.560. The summed E-state index contributed by atoms with van der Waals surface area (Å²) < 4.78 is 39.4. The van der Waals surface area contributed by atoms with Crippen molar-refractivity contribution in [2.75, 3.05) is 13.2 Å². The molecule has 1 aliphatic heterocycles. The van der Waals surface area contributed by atoms with Crippen molar-refractivity contribution in [2.45, 2.75) is 37.1 Å². The van der Waals surface area contributed by atoms with Crippen LogP contribution in [0, 0.1) is 11.6 Å². The molecule has 2 fully saturated rings. The number of hydrogen-bond donors (Lipinski definition) is 1. The molecule has 0 atom stereocenters. The standard InChI is InChI=1S/C14H15BrF2O3/c15-9-1-2-10(16)11(12(9)17)13(18)3-5-14(6-4-13)19-7-8-20-14/h1-2,18H,3-8H2. The summed E-state index contributed by atoms with van der Waals surface area (Å²) in [5.41, 5.74) is -1.78. The molecule has 1 aromatic rings. The highest BCUT2D eigenvalue weighted by molar-refractivity contribution is 9.10. The van der Waals surface area contributed by atoms with Crippen LogP contribution in [-0.4, -0.2) is 24.1 Å². The molecule has 0 amide bonds. The van der Waals surface area contributed by atoms with Crippen LogP contribution in [0.25, 0.3) is 0 Å². The fourth-order valence-electron chi connectivity index (χ4n) is 3.03. The molecular weight excluding hydrogens is 334 g/mol. The Kier molecular flexibility index (Phi) is 3.61. The van der Waals surface area contributed by atoms with E-state index in [-0.39, 0.29) is 22.9 Å². The maximum atomic E-state index is 14.2. The van der Waals surface area contributed by atoms with Crippen LogP contribution in [-0.2, 0) is 15.1 Å². The maximum absolute atomic E-state index is 14.2. The predicted molar refractivity (Wildman–Crippen MR) is 71.1 cm³/mol. The first-order valence-corrected chi connectivity index (χ1v) is 7.39. The van der Waals surface area contributed by atoms with E-state index in [0.717, 1.165) is 6.07 Å². The minimum atomic E-state index is -1.52. The SMILES string of the molecule is OC1(c2c(F)ccc(Br)c2F)CCC2(CC1)OCCO2. The highest BCUT2D eigenvalue weighted by atomic mass is 79.9. The Morgan fingerprint density at radius 2 is 1.65 bits per heavy atom. The van der Waals surface area contributed by atoms with Crippen molar-refractivity contribution in [2.24, 2.45) is 0 Å². The van der Waals surface area contributed by atoms with E-state index >= 15 is 0 Å². The van der Waals surface area contributed by atoms with E-state index in [0.29, 0.717) is 26.1 Å². The summed E-state index contributed by atoms with van der Waals surface area (Å²) in [6, 6.07) is 2.46. The fraction of sp³-hybridized carbons (Fsp3) is 0.571. The lowest BCUT2D eigenvalue weighted by atomic mass is 9.76. The summed E-state index contributed by atoms with van der Waals surface area (Å²) >= 11 is 3.03. The van der Waals surface area contributed by atoms with Gasteiger partial charge in [0.2, 0.25) is 0 Å². The molecule has 0 bridgehead atoms. The summed E-state index contributed by atoms with van der Waals surface area (Å²) in [6.07, 6.45) is 1.26. The fourth-order valence-corrected chi connectivity index (χ4v) is 3.36. The number of hydrogen-bond acceptors (Lipinski definition) is 3. The van der Waals surface area contributed by atoms with Crippen molar-refractivity contribution in [3.63, 3.8) is 0 Å². The summed E-state index contributed by atoms with van der Waals surface area (Å²) in [4.78, 5) is 0. The van der Waals surface area contributed by atoms with E-state index in [9.17, 15) is 13.9 Å². The molecule has 3 rings (SSSR count). The molecule has 1 aromatic carbocycles. The quantitative estimate of drug-likeness (QED) is 0.792. The van der Waals surface area contributed by atoms with Gasteiger partial charge >= 0.3 is 0 Å². The molecule has 110 valence electrons. The third-order valence-electron chi connectivity index (χ3n) is 4.16. The Morgan fingerprint density at radius 3 is 2.25 bits per heavy atom. The van der Waals surface area contributed by atoms with Crippen LogP contribution >= 0.6 is 15.9 Å². The first-order valence-electron chi connectivity index (χ1n) is 6.60. The first kappa shape index (κ1) is 14.4. The van der Waals surface area contributed by atoms with Crippen LogP contribution in [0.1, 0.15) is 31.2 Å². The van der Waals surface area contributed by atoms with Gasteiger partial charge in [0, 0.05) is 12.8 Å². The number of rotatable bonds is 1. The van der Waals surface area contributed by atoms with Crippen molar-refractivity contribution < 1.29 is 23.4 Å². The lowest BCUT2D eigenvalue weighted by molar-refractivity contribution is -0.205. The van der Waals surface area contributed by atoms with Gasteiger partial charge in [0.15, 0.2) is 5.79 Å². The predicted octanol–water partition coefficient (Wildman–Crippen LogP) is 3.23. The van der Waals surface area contributed by atoms with Crippen LogP contribution in [0.4, 0.5) is 8.78 Å². The van der Waals surface area contributed by atoms with Gasteiger partial charge in [0.05, 0.1) is 28.9 Å². The normalized spacial score (nSPS) is 24.2. The topological polar surface area (TPSA) is 38.7 Å². The molecule has 1 saturated heterocycles. The van der Waals surface area contributed by atoms with Gasteiger partial charge < -0.3 is 14.6 Å². The average molecular weight is 349 g/mol. The molecule has 0 aromatic heterocycles. The second-order valence-electron chi connectivity index (χ2n) is 5.36. The van der Waals surface area contributed by atoms with Crippen molar-refractivity contribution in [1.82, 2.24) is 0 Å². The Morgan fingerprint density at radius 1 is 1.05 bits per heavy atom. The van der Waals surface area contributed by atoms with E-state index in [4.69, 9.17) is 9.47 Å². The monoisotopic (exact) mass is 348 g/mol. The van der Waals surface area contributed by atoms with E-state index in [1.165, 1.54) is 6.07 Å². The van der Waals surface area contributed by atoms with Crippen molar-refractivity contribution in [3.8, 4) is 0 Å². The molecule has 20 heavy (non-hydrogen) atoms. The summed E-state index contributed by atoms with van der Waals surface area (Å²) in [5, 5.41) is 10.7. The number of halogens is 3. The smallest absolute Gasteiger partial charge is 0.168 e. The third-order valence-corrected chi connectivity index (χ3v) is 4.77. The van der Waals surface area contributed by atoms with E-state index in [1.54, 1.807) is 0 Å². The number of benzene rings is 1. The van der Waals surface area contributed by atoms with Gasteiger partial charge in [-0.25, -0.2) is 8.78 Å². The second kappa shape index (κ2) is 5.02. The van der Waals surface area contributed by atoms with Gasteiger partial charge in [0.1, 0.15) is 11.6 Å². The molecule has 1 spiro atoms. The van der Waals surface area contributed by atoms with Crippen LogP contribution in [0.2, 0.25) is 0 Å². The number of aliphatic hydroxyl groups is 1. The van der Waals surface area contributed by atoms with Crippen molar-refractivity contribution >= 4 is 15.9 Å². The highest BCUT2D eigenvalue weighted by Crippen LogP contribution is 2.46. The average Bonchev–Trinajstić information content (AvgIpc) is 2.88. The molecule has 3 nitrogen and oxygen atoms in total. The second-order valence-corrected chi connectivity index (χ2v) is 6.21. The summed E-state index contributed by atoms with van der Waals surface area (Å²) in [7, 11) is 0. The Bertz CT molecular complexity index is 519. The molecule has 0 radical (unpaired) electrons. The molecular formula is C14H15BrF2O3. The Labute approximate surface area is 124 Å². The Balaban J connectivity index is 1.89. The zero-order valence-corrected chi connectivity index (χ0v) is 12.4. The first-order chi connectivity index (χ1) is 9.46. The molecule has 0 unspecified atom stereocenters. The number of ether oxygens (including phenoxy) is 2. The highest BCUT2D eigenvalue weighted by Gasteiger charge is 2.48. The lowest BCUT2D eigenvalue weighted by Gasteiger charge is -2.41. The van der Waals surface area contributed by atoms with Crippen LogP contribution in [0.15, 0.2) is 16.6 Å². The molecule has 6 heteroatoms. The summed E-state index contributed by atoms with van der Waals surface area (Å²) in [5.74, 6) is -2.14. The molecule has 2 aliphatic rings. The minimum Gasteiger partial charge on any atom is -0.385 e. The molecule has 1 heterocycles. The largest absolute Gasteiger partial charge is 0.385 e. The van der Waals surface area contributed by atoms with Crippen molar-refractivity contribution in [1.29, 1.82) is 0 Å². The molecule has 1 aliphatic carbocycles. The van der Waals surface area contributed by atoms with Gasteiger partial charge in [0.25, 0.3) is 0 Å². The lowest BCUT2D eigenvalue weighted by Crippen LogP contribution is -2.43. The minimum absolute atomic E-state index is 0.149. The van der Waals surface area contributed by atoms with E-state index in [1.807, 2.05) is 0 Å². The van der Waals surface area contributed by atoms with E-state index < -0.39 is 23.0 Å². The maximum Gasteiger partial charge on any atom is 0.168 e. The molecule has 1 saturated carbocycles. The van der Waals surface area contributed by atoms with Gasteiger partial charge in [-0.3, -0.25) is 0 Å². The van der Waals surface area contributed by atoms with Crippen LogP contribution in [0.3, 0.4) is 0 Å². The van der Waals surface area contributed by atoms with Gasteiger partial charge in [-0.2, -0.15) is 0 Å². The van der Waals surface area contributed by atoms with E-state index in [2.05, 4.69) is 15.9 Å². The summed E-state index contributed by atoms with van der Waals surface area (Å²) in [6.45, 7) is 1.05. The van der Waals surface area contributed by atoms with Crippen LogP contribution in [0.5, 0.6) is 0 Å². The van der Waals surface area contributed by atoms with Gasteiger partial charge in [-0.15, -0.1) is 0 Å². The molecule has 1 N–H and O–H groups in total. The van der Waals surface area contributed by atoms with Gasteiger partial charge in [-0.05, 0) is 40.9 Å². The third kappa shape index (κ3) is 2.28. The zero-order chi connectivity index (χ0) is 14.4.